The molecular formula is C9H8N2O2S. The number of furan rings is 1. The fourth-order valence-electron chi connectivity index (χ4n) is 1.00. The SMILES string of the molecule is Nc1ccc(C(=O)Nc2ccsc2)o1. The third-order valence-corrected chi connectivity index (χ3v) is 2.31. The Kier molecular flexibility index (Phi) is 2.24. The average molecular weight is 208 g/mol. The van der Waals surface area contributed by atoms with E-state index in [1.807, 2.05) is 16.8 Å². The topological polar surface area (TPSA) is 68.3 Å². The molecule has 4 nitrogen and oxygen atoms in total. The molecule has 2 rings (SSSR count). The van der Waals surface area contributed by atoms with Gasteiger partial charge in [0, 0.05) is 11.4 Å². The molecule has 0 saturated heterocycles. The van der Waals surface area contributed by atoms with E-state index in [0.717, 1.165) is 5.69 Å². The van der Waals surface area contributed by atoms with Crippen molar-refractivity contribution in [2.75, 3.05) is 11.1 Å². The van der Waals surface area contributed by atoms with E-state index in [1.165, 1.54) is 17.4 Å². The van der Waals surface area contributed by atoms with Gasteiger partial charge in [-0.15, -0.1) is 0 Å². The third-order valence-electron chi connectivity index (χ3n) is 1.63. The number of nitrogen functional groups attached to an aromatic ring is 1. The Hall–Kier alpha value is -1.75. The van der Waals surface area contributed by atoms with Gasteiger partial charge in [0.15, 0.2) is 11.6 Å². The number of nitrogens with one attached hydrogen (secondary N) is 1. The second-order valence-electron chi connectivity index (χ2n) is 2.67. The molecule has 2 aromatic heterocycles. The molecule has 0 aliphatic rings. The summed E-state index contributed by atoms with van der Waals surface area (Å²) in [4.78, 5) is 11.5. The molecule has 0 atom stereocenters. The molecule has 1 amide bonds. The Morgan fingerprint density at radius 2 is 2.29 bits per heavy atom. The quantitative estimate of drug-likeness (QED) is 0.794. The molecule has 0 aliphatic carbocycles. The van der Waals surface area contributed by atoms with Crippen LogP contribution in [0.5, 0.6) is 0 Å². The fraction of sp³-hybridized carbons (Fsp3) is 0. The van der Waals surface area contributed by atoms with E-state index in [4.69, 9.17) is 10.2 Å². The first kappa shape index (κ1) is 8.83. The zero-order valence-electron chi connectivity index (χ0n) is 7.19. The Balaban J connectivity index is 2.10. The van der Waals surface area contributed by atoms with Crippen molar-refractivity contribution in [3.8, 4) is 0 Å². The molecule has 0 aliphatic heterocycles. The lowest BCUT2D eigenvalue weighted by atomic mass is 10.4. The maximum absolute atomic E-state index is 11.5. The number of hydrogen-bond donors (Lipinski definition) is 2. The van der Waals surface area contributed by atoms with Crippen molar-refractivity contribution in [2.24, 2.45) is 0 Å². The molecular weight excluding hydrogens is 200 g/mol. The smallest absolute Gasteiger partial charge is 0.291 e. The third kappa shape index (κ3) is 1.77. The second kappa shape index (κ2) is 3.55. The molecule has 5 heteroatoms. The summed E-state index contributed by atoms with van der Waals surface area (Å²) in [6.45, 7) is 0. The Morgan fingerprint density at radius 1 is 1.43 bits per heavy atom. The first-order valence-corrected chi connectivity index (χ1v) is 4.89. The predicted octanol–water partition coefficient (Wildman–Crippen LogP) is 2.18. The van der Waals surface area contributed by atoms with Gasteiger partial charge in [0.2, 0.25) is 0 Å². The summed E-state index contributed by atoms with van der Waals surface area (Å²) in [5, 5.41) is 6.39. The summed E-state index contributed by atoms with van der Waals surface area (Å²) in [5.74, 6) is 0.161. The van der Waals surface area contributed by atoms with Crippen molar-refractivity contribution < 1.29 is 9.21 Å². The first-order chi connectivity index (χ1) is 6.75. The van der Waals surface area contributed by atoms with E-state index >= 15 is 0 Å². The highest BCUT2D eigenvalue weighted by Crippen LogP contribution is 2.15. The molecule has 0 unspecified atom stereocenters. The molecule has 0 bridgehead atoms. The zero-order valence-corrected chi connectivity index (χ0v) is 8.01. The van der Waals surface area contributed by atoms with Crippen LogP contribution >= 0.6 is 11.3 Å². The minimum atomic E-state index is -0.292. The fourth-order valence-corrected chi connectivity index (χ4v) is 1.59. The van der Waals surface area contributed by atoms with Gasteiger partial charge in [-0.1, -0.05) is 0 Å². The van der Waals surface area contributed by atoms with Gasteiger partial charge in [0.1, 0.15) is 0 Å². The molecule has 3 N–H and O–H groups in total. The highest BCUT2D eigenvalue weighted by Gasteiger charge is 2.09. The van der Waals surface area contributed by atoms with Crippen molar-refractivity contribution in [2.45, 2.75) is 0 Å². The number of anilines is 2. The van der Waals surface area contributed by atoms with E-state index in [-0.39, 0.29) is 17.6 Å². The van der Waals surface area contributed by atoms with E-state index in [2.05, 4.69) is 5.32 Å². The van der Waals surface area contributed by atoms with Crippen LogP contribution in [-0.4, -0.2) is 5.91 Å². The van der Waals surface area contributed by atoms with Crippen LogP contribution in [-0.2, 0) is 0 Å². The van der Waals surface area contributed by atoms with Gasteiger partial charge in [0.25, 0.3) is 5.91 Å². The second-order valence-corrected chi connectivity index (χ2v) is 3.45. The van der Waals surface area contributed by atoms with Gasteiger partial charge in [0.05, 0.1) is 5.69 Å². The summed E-state index contributed by atoms with van der Waals surface area (Å²) in [6, 6.07) is 4.90. The van der Waals surface area contributed by atoms with Crippen molar-refractivity contribution in [1.82, 2.24) is 0 Å². The number of nitrogens with two attached hydrogens (primary N) is 1. The summed E-state index contributed by atoms with van der Waals surface area (Å²) in [7, 11) is 0. The lowest BCUT2D eigenvalue weighted by Gasteiger charge is -1.98. The summed E-state index contributed by atoms with van der Waals surface area (Å²) < 4.78 is 4.96. The number of rotatable bonds is 2. The van der Waals surface area contributed by atoms with E-state index in [1.54, 1.807) is 6.07 Å². The largest absolute Gasteiger partial charge is 0.436 e. The van der Waals surface area contributed by atoms with Crippen molar-refractivity contribution in [3.05, 3.63) is 34.7 Å². The molecule has 72 valence electrons. The standard InChI is InChI=1S/C9H8N2O2S/c10-8-2-1-7(13-8)9(12)11-6-3-4-14-5-6/h1-5H,10H2,(H,11,12). The first-order valence-electron chi connectivity index (χ1n) is 3.94. The van der Waals surface area contributed by atoms with Gasteiger partial charge in [-0.25, -0.2) is 0 Å². The van der Waals surface area contributed by atoms with Crippen LogP contribution < -0.4 is 11.1 Å². The van der Waals surface area contributed by atoms with Crippen molar-refractivity contribution in [1.29, 1.82) is 0 Å². The molecule has 0 radical (unpaired) electrons. The highest BCUT2D eigenvalue weighted by atomic mass is 32.1. The minimum absolute atomic E-state index is 0.216. The van der Waals surface area contributed by atoms with E-state index in [9.17, 15) is 4.79 Å². The van der Waals surface area contributed by atoms with Crippen LogP contribution in [0.4, 0.5) is 11.6 Å². The molecule has 14 heavy (non-hydrogen) atoms. The molecule has 2 heterocycles. The average Bonchev–Trinajstić information content (AvgIpc) is 2.75. The van der Waals surface area contributed by atoms with Crippen LogP contribution in [0, 0.1) is 0 Å². The van der Waals surface area contributed by atoms with Crippen molar-refractivity contribution >= 4 is 28.8 Å². The van der Waals surface area contributed by atoms with Crippen LogP contribution in [0.15, 0.2) is 33.4 Å². The number of hydrogen-bond acceptors (Lipinski definition) is 4. The summed E-state index contributed by atoms with van der Waals surface area (Å²) in [5.41, 5.74) is 6.10. The van der Waals surface area contributed by atoms with Crippen LogP contribution in [0.1, 0.15) is 10.6 Å². The molecule has 0 saturated carbocycles. The molecule has 2 aromatic rings. The lowest BCUT2D eigenvalue weighted by Crippen LogP contribution is -2.09. The predicted molar refractivity (Wildman–Crippen MR) is 55.4 cm³/mol. The van der Waals surface area contributed by atoms with Gasteiger partial charge in [-0.05, 0) is 17.5 Å². The van der Waals surface area contributed by atoms with Crippen LogP contribution in [0.3, 0.4) is 0 Å². The molecule has 0 fully saturated rings. The number of carbonyl (C=O) groups is 1. The number of amides is 1. The number of thiophene rings is 1. The van der Waals surface area contributed by atoms with Gasteiger partial charge < -0.3 is 15.5 Å². The Morgan fingerprint density at radius 3 is 2.86 bits per heavy atom. The van der Waals surface area contributed by atoms with Gasteiger partial charge >= 0.3 is 0 Å². The Bertz CT molecular complexity index is 433. The normalized spacial score (nSPS) is 10.0. The maximum atomic E-state index is 11.5. The molecule has 0 aromatic carbocycles. The molecule has 0 spiro atoms. The maximum Gasteiger partial charge on any atom is 0.291 e. The lowest BCUT2D eigenvalue weighted by molar-refractivity contribution is 0.0998. The minimum Gasteiger partial charge on any atom is -0.436 e. The monoisotopic (exact) mass is 208 g/mol. The van der Waals surface area contributed by atoms with E-state index < -0.39 is 0 Å². The van der Waals surface area contributed by atoms with Crippen molar-refractivity contribution in [3.63, 3.8) is 0 Å². The van der Waals surface area contributed by atoms with Crippen LogP contribution in [0.2, 0.25) is 0 Å². The van der Waals surface area contributed by atoms with Gasteiger partial charge in [-0.2, -0.15) is 11.3 Å². The summed E-state index contributed by atoms with van der Waals surface area (Å²) in [6.07, 6.45) is 0. The highest BCUT2D eigenvalue weighted by molar-refractivity contribution is 7.08. The van der Waals surface area contributed by atoms with Crippen LogP contribution in [0.25, 0.3) is 0 Å². The zero-order chi connectivity index (χ0) is 9.97. The van der Waals surface area contributed by atoms with E-state index in [0.29, 0.717) is 0 Å². The summed E-state index contributed by atoms with van der Waals surface area (Å²) >= 11 is 1.51. The van der Waals surface area contributed by atoms with Gasteiger partial charge in [-0.3, -0.25) is 4.79 Å². The Labute approximate surface area is 84.3 Å². The number of carbonyl (C=O) groups excluding carboxylic acids is 1.